The van der Waals surface area contributed by atoms with Gasteiger partial charge in [0.1, 0.15) is 0 Å². The van der Waals surface area contributed by atoms with Crippen molar-refractivity contribution in [1.82, 2.24) is 0 Å². The van der Waals surface area contributed by atoms with Gasteiger partial charge in [0, 0.05) is 241 Å². The predicted octanol–water partition coefficient (Wildman–Crippen LogP) is -11.3. The summed E-state index contributed by atoms with van der Waals surface area (Å²) < 4.78 is 0. The summed E-state index contributed by atoms with van der Waals surface area (Å²) in [6.45, 7) is 1.45. The van der Waals surface area contributed by atoms with E-state index in [2.05, 4.69) is 5.32 Å². The molecule has 0 aliphatic rings. The summed E-state index contributed by atoms with van der Waals surface area (Å²) in [5.74, 6) is -0.108. The van der Waals surface area contributed by atoms with Gasteiger partial charge in [0.2, 0.25) is 5.91 Å². The number of para-hydroxylation sites is 2. The molecule has 0 atom stereocenters. The van der Waals surface area contributed by atoms with Gasteiger partial charge in [-0.3, -0.25) is 4.79 Å². The van der Waals surface area contributed by atoms with Crippen molar-refractivity contribution in [3.8, 4) is 0 Å². The molecule has 0 aliphatic carbocycles. The number of benzene rings is 1. The minimum Gasteiger partial charge on any atom is -0.397 e. The van der Waals surface area contributed by atoms with Gasteiger partial charge in [-0.1, -0.05) is 12.1 Å². The molecular formula is C8H10B33N2O. The number of rotatable bonds is 16. The Labute approximate surface area is 297 Å². The summed E-state index contributed by atoms with van der Waals surface area (Å²) in [4.78, 5) is 10.6. The normalized spacial score (nSPS) is 9.39. The molecule has 1 rings (SSSR count). The highest BCUT2D eigenvalue weighted by Crippen LogP contribution is 2.17. The molecule has 0 fully saturated rings. The number of hydrogen-bond donors (Lipinski definition) is 2. The summed E-state index contributed by atoms with van der Waals surface area (Å²) in [5, 5.41) is 2.61. The van der Waals surface area contributed by atoms with Gasteiger partial charge in [-0.05, 0) is 12.1 Å². The summed E-state index contributed by atoms with van der Waals surface area (Å²) in [6.07, 6.45) is -14.8. The molecule has 44 heavy (non-hydrogen) atoms. The van der Waals surface area contributed by atoms with Crippen LogP contribution in [-0.4, -0.2) is 240 Å². The van der Waals surface area contributed by atoms with Crippen LogP contribution >= 0.6 is 0 Å². The lowest BCUT2D eigenvalue weighted by Gasteiger charge is -2.51. The van der Waals surface area contributed by atoms with Gasteiger partial charge < -0.3 is 11.1 Å². The molecular weight excluding hydrogens is 497 g/mol. The third kappa shape index (κ3) is 13.6. The first-order chi connectivity index (χ1) is 20.2. The maximum absolute atomic E-state index is 10.6. The van der Waals surface area contributed by atoms with Gasteiger partial charge in [0.25, 0.3) is 0 Å². The van der Waals surface area contributed by atoms with Crippen LogP contribution in [0.5, 0.6) is 0 Å². The Hall–Kier alpha value is 0.633. The van der Waals surface area contributed by atoms with Crippen molar-refractivity contribution in [1.29, 1.82) is 0 Å². The molecule has 0 aromatic heterocycles. The van der Waals surface area contributed by atoms with E-state index in [1.165, 1.54) is 14.0 Å². The highest BCUT2D eigenvalue weighted by molar-refractivity contribution is 8.29. The molecule has 35 radical (unpaired) electrons. The van der Waals surface area contributed by atoms with E-state index >= 15 is 0 Å². The molecule has 157 valence electrons. The first-order valence-corrected chi connectivity index (χ1v) is 14.0. The molecule has 1 amide bonds. The number of carbonyl (C=O) groups excluding carboxylic acids is 1. The van der Waals surface area contributed by atoms with Gasteiger partial charge >= 0.3 is 0 Å². The quantitative estimate of drug-likeness (QED) is 0.173. The largest absolute Gasteiger partial charge is 0.397 e. The fraction of sp³-hybridized carbons (Fsp3) is 0.125. The SMILES string of the molecule is CC(=O)Nc1ccccc1N.[B][B]B(B([B])[B])B(B([B])[B])B(B(B([B])[B])B([B])[B])B(B(B([B])[B])B([B])[B])B(B([B])[B])B([B])[B]. The zero-order chi connectivity index (χ0) is 34.6. The van der Waals surface area contributed by atoms with Crippen LogP contribution in [0, 0.1) is 0 Å². The third-order valence-corrected chi connectivity index (χ3v) is 7.72. The zero-order valence-electron chi connectivity index (χ0n) is 25.3. The van der Waals surface area contributed by atoms with E-state index in [0.29, 0.717) is 11.4 Å². The molecule has 0 unspecified atom stereocenters. The maximum Gasteiger partial charge on any atom is 0.221 e. The van der Waals surface area contributed by atoms with E-state index in [1.54, 1.807) is 12.1 Å². The number of hydrogen-bond acceptors (Lipinski definition) is 2. The number of carbonyl (C=O) groups is 1. The van der Waals surface area contributed by atoms with Gasteiger partial charge in [0.05, 0.1) is 11.4 Å². The van der Waals surface area contributed by atoms with Crippen LogP contribution in [0.15, 0.2) is 24.3 Å². The molecule has 0 heterocycles. The molecule has 1 aromatic carbocycles. The highest BCUT2D eigenvalue weighted by Gasteiger charge is 2.53. The molecule has 3 nitrogen and oxygen atoms in total. The Balaban J connectivity index is 0.00000139. The fourth-order valence-corrected chi connectivity index (χ4v) is 5.93. The number of nitrogens with two attached hydrogens (primary N) is 1. The smallest absolute Gasteiger partial charge is 0.221 e. The molecule has 0 aliphatic heterocycles. The number of amides is 1. The molecule has 0 bridgehead atoms. The van der Waals surface area contributed by atoms with Crippen molar-refractivity contribution in [3.63, 3.8) is 0 Å². The predicted molar refractivity (Wildman–Crippen MR) is 235 cm³/mol. The van der Waals surface area contributed by atoms with E-state index in [1.807, 2.05) is 12.1 Å². The minimum atomic E-state index is -1.10. The van der Waals surface area contributed by atoms with Crippen molar-refractivity contribution in [2.75, 3.05) is 11.1 Å². The molecule has 0 spiro atoms. The second kappa shape index (κ2) is 21.6. The van der Waals surface area contributed by atoms with Crippen molar-refractivity contribution < 1.29 is 4.79 Å². The van der Waals surface area contributed by atoms with E-state index < -0.39 is 95.8 Å². The Morgan fingerprint density at radius 2 is 0.886 bits per heavy atom. The van der Waals surface area contributed by atoms with Crippen LogP contribution in [0.1, 0.15) is 6.92 Å². The molecule has 1 aromatic rings. The van der Waals surface area contributed by atoms with Crippen LogP contribution in [0.25, 0.3) is 0 Å². The topological polar surface area (TPSA) is 55.1 Å². The average molecular weight is 507 g/mol. The highest BCUT2D eigenvalue weighted by atomic mass is 16.1. The molecule has 36 heteroatoms. The van der Waals surface area contributed by atoms with Crippen molar-refractivity contribution in [2.24, 2.45) is 0 Å². The molecule has 0 saturated heterocycles. The van der Waals surface area contributed by atoms with Crippen molar-refractivity contribution >= 4 is 252 Å². The lowest BCUT2D eigenvalue weighted by molar-refractivity contribution is -0.114. The standard InChI is InChI=1S/C8H10N2O.B33/c1-6(11)10-8-5-3-2-4-7(8)9;1-18-27(19(2)3)31(26(16)17)33(30(24(12)13)25(14)15)32(28(20(4)5)21(6)7)29(22(8)9)23(10)11/h2-5H,9H2,1H3,(H,10,11);. The first kappa shape index (κ1) is 44.6. The molecule has 3 N–H and O–H groups in total. The molecule has 0 saturated carbocycles. The van der Waals surface area contributed by atoms with Crippen LogP contribution in [-0.2, 0) is 4.79 Å². The van der Waals surface area contributed by atoms with Gasteiger partial charge in [-0.15, -0.1) is 0 Å². The van der Waals surface area contributed by atoms with Crippen LogP contribution in [0.2, 0.25) is 0 Å². The van der Waals surface area contributed by atoms with Gasteiger partial charge in [-0.25, -0.2) is 0 Å². The van der Waals surface area contributed by atoms with E-state index in [-0.39, 0.29) is 5.91 Å². The van der Waals surface area contributed by atoms with E-state index in [0.717, 1.165) is 0 Å². The maximum atomic E-state index is 10.6. The van der Waals surface area contributed by atoms with Crippen molar-refractivity contribution in [3.05, 3.63) is 24.3 Å². The second-order valence-electron chi connectivity index (χ2n) is 11.1. The fourth-order valence-electron chi connectivity index (χ4n) is 5.93. The van der Waals surface area contributed by atoms with E-state index in [4.69, 9.17) is 137 Å². The minimum absolute atomic E-state index is 0.108. The Kier molecular flexibility index (Phi) is 21.9. The summed E-state index contributed by atoms with van der Waals surface area (Å²) >= 11 is 0. The number of nitrogens with one attached hydrogen (secondary N) is 1. The third-order valence-electron chi connectivity index (χ3n) is 7.72. The average Bonchev–Trinajstić information content (AvgIpc) is 2.85. The number of nitrogen functional groups attached to an aromatic ring is 1. The Morgan fingerprint density at radius 3 is 1.14 bits per heavy atom. The number of anilines is 2. The Morgan fingerprint density at radius 1 is 0.568 bits per heavy atom. The van der Waals surface area contributed by atoms with E-state index in [9.17, 15) is 4.79 Å². The summed E-state index contributed by atoms with van der Waals surface area (Å²) in [5.41, 5.74) is 6.81. The van der Waals surface area contributed by atoms with Gasteiger partial charge in [0.15, 0.2) is 0 Å². The van der Waals surface area contributed by atoms with Crippen molar-refractivity contribution in [2.45, 2.75) is 6.92 Å². The van der Waals surface area contributed by atoms with Gasteiger partial charge in [-0.2, -0.15) is 0 Å². The Bertz CT molecular complexity index is 898. The lowest BCUT2D eigenvalue weighted by atomic mass is 8.30. The monoisotopic (exact) mass is 513 g/mol. The summed E-state index contributed by atoms with van der Waals surface area (Å²) in [7, 11) is 105. The summed E-state index contributed by atoms with van der Waals surface area (Å²) in [6, 6.07) is 7.14. The first-order valence-electron chi connectivity index (χ1n) is 14.0. The second-order valence-corrected chi connectivity index (χ2v) is 11.1. The van der Waals surface area contributed by atoms with Crippen LogP contribution in [0.4, 0.5) is 11.4 Å². The zero-order valence-corrected chi connectivity index (χ0v) is 25.3. The van der Waals surface area contributed by atoms with Crippen LogP contribution < -0.4 is 11.1 Å². The van der Waals surface area contributed by atoms with Crippen LogP contribution in [0.3, 0.4) is 0 Å². The lowest BCUT2D eigenvalue weighted by Crippen LogP contribution is -2.89.